The standard InChI is InChI=1S/C18H14F2N4O3S/c1-9-15(17(25)22-10-6-7-12(19)13(20)8-10)16(23-18(28)21-9)11-4-2-3-5-14(11)24(26)27/h2-8,16H,1H3,(H,22,25)(H2,21,23,28)/t16-/m1/s1. The Kier molecular flexibility index (Phi) is 5.32. The van der Waals surface area contributed by atoms with E-state index in [1.165, 1.54) is 24.3 Å². The summed E-state index contributed by atoms with van der Waals surface area (Å²) in [7, 11) is 0. The molecule has 3 N–H and O–H groups in total. The number of thiocarbonyl (C=S) groups is 1. The first-order valence-corrected chi connectivity index (χ1v) is 8.46. The fraction of sp³-hybridized carbons (Fsp3) is 0.111. The van der Waals surface area contributed by atoms with Gasteiger partial charge >= 0.3 is 0 Å². The highest BCUT2D eigenvalue weighted by molar-refractivity contribution is 7.80. The van der Waals surface area contributed by atoms with Crippen LogP contribution in [0.25, 0.3) is 0 Å². The molecule has 0 saturated carbocycles. The van der Waals surface area contributed by atoms with Gasteiger partial charge in [0.2, 0.25) is 0 Å². The SMILES string of the molecule is CC1=C(C(=O)Nc2ccc(F)c(F)c2)[C@@H](c2ccccc2[N+](=O)[O-])NC(=S)N1. The van der Waals surface area contributed by atoms with Gasteiger partial charge in [-0.3, -0.25) is 14.9 Å². The maximum absolute atomic E-state index is 13.4. The van der Waals surface area contributed by atoms with Gasteiger partial charge in [0.25, 0.3) is 11.6 Å². The molecule has 1 atom stereocenters. The van der Waals surface area contributed by atoms with Crippen molar-refractivity contribution in [1.82, 2.24) is 10.6 Å². The summed E-state index contributed by atoms with van der Waals surface area (Å²) in [5.41, 5.74) is 0.611. The molecular formula is C18H14F2N4O3S. The lowest BCUT2D eigenvalue weighted by molar-refractivity contribution is -0.385. The first kappa shape index (κ1) is 19.4. The number of carbonyl (C=O) groups is 1. The Labute approximate surface area is 163 Å². The maximum Gasteiger partial charge on any atom is 0.275 e. The van der Waals surface area contributed by atoms with Crippen LogP contribution in [0.3, 0.4) is 0 Å². The van der Waals surface area contributed by atoms with Crippen molar-refractivity contribution >= 4 is 34.6 Å². The molecule has 0 aliphatic carbocycles. The fourth-order valence-corrected chi connectivity index (χ4v) is 3.17. The smallest absolute Gasteiger partial charge is 0.275 e. The molecule has 0 radical (unpaired) electrons. The van der Waals surface area contributed by atoms with Crippen molar-refractivity contribution in [2.75, 3.05) is 5.32 Å². The Bertz CT molecular complexity index is 1030. The Morgan fingerprint density at radius 2 is 1.93 bits per heavy atom. The van der Waals surface area contributed by atoms with E-state index in [1.54, 1.807) is 13.0 Å². The van der Waals surface area contributed by atoms with Crippen LogP contribution in [-0.2, 0) is 4.79 Å². The highest BCUT2D eigenvalue weighted by atomic mass is 32.1. The van der Waals surface area contributed by atoms with Crippen molar-refractivity contribution in [3.05, 3.63) is 81.0 Å². The summed E-state index contributed by atoms with van der Waals surface area (Å²) < 4.78 is 26.5. The third-order valence-electron chi connectivity index (χ3n) is 4.14. The summed E-state index contributed by atoms with van der Waals surface area (Å²) in [4.78, 5) is 23.7. The predicted molar refractivity (Wildman–Crippen MR) is 102 cm³/mol. The number of allylic oxidation sites excluding steroid dienone is 1. The zero-order valence-corrected chi connectivity index (χ0v) is 15.3. The molecule has 0 aromatic heterocycles. The number of nitrogens with one attached hydrogen (secondary N) is 3. The number of hydrogen-bond acceptors (Lipinski definition) is 4. The molecule has 3 rings (SSSR count). The average Bonchev–Trinajstić information content (AvgIpc) is 2.64. The number of rotatable bonds is 4. The van der Waals surface area contributed by atoms with E-state index in [1.807, 2.05) is 0 Å². The second-order valence-electron chi connectivity index (χ2n) is 5.97. The number of amides is 1. The topological polar surface area (TPSA) is 96.3 Å². The van der Waals surface area contributed by atoms with Gasteiger partial charge in [-0.25, -0.2) is 8.78 Å². The van der Waals surface area contributed by atoms with Crippen LogP contribution in [0.5, 0.6) is 0 Å². The molecule has 0 spiro atoms. The quantitative estimate of drug-likeness (QED) is 0.411. The van der Waals surface area contributed by atoms with E-state index in [0.29, 0.717) is 5.70 Å². The molecule has 0 fully saturated rings. The molecule has 2 aromatic carbocycles. The lowest BCUT2D eigenvalue weighted by atomic mass is 9.93. The van der Waals surface area contributed by atoms with Crippen LogP contribution in [0.2, 0.25) is 0 Å². The van der Waals surface area contributed by atoms with E-state index in [4.69, 9.17) is 12.2 Å². The molecule has 0 saturated heterocycles. The van der Waals surface area contributed by atoms with Gasteiger partial charge in [-0.05, 0) is 37.3 Å². The molecular weight excluding hydrogens is 390 g/mol. The van der Waals surface area contributed by atoms with Gasteiger partial charge in [-0.1, -0.05) is 12.1 Å². The second-order valence-corrected chi connectivity index (χ2v) is 6.38. The van der Waals surface area contributed by atoms with Crippen molar-refractivity contribution in [3.8, 4) is 0 Å². The molecule has 2 aromatic rings. The second kappa shape index (κ2) is 7.69. The Hall–Kier alpha value is -3.40. The van der Waals surface area contributed by atoms with Crippen LogP contribution in [0.1, 0.15) is 18.5 Å². The van der Waals surface area contributed by atoms with E-state index in [-0.39, 0.29) is 27.6 Å². The summed E-state index contributed by atoms with van der Waals surface area (Å²) in [6, 6.07) is 7.99. The van der Waals surface area contributed by atoms with Crippen molar-refractivity contribution in [1.29, 1.82) is 0 Å². The molecule has 1 aliphatic heterocycles. The number of hydrogen-bond donors (Lipinski definition) is 3. The van der Waals surface area contributed by atoms with Crippen LogP contribution in [0.4, 0.5) is 20.2 Å². The number of para-hydroxylation sites is 1. The lowest BCUT2D eigenvalue weighted by Gasteiger charge is -2.30. The van der Waals surface area contributed by atoms with E-state index < -0.39 is 28.5 Å². The molecule has 10 heteroatoms. The molecule has 0 unspecified atom stereocenters. The molecule has 144 valence electrons. The van der Waals surface area contributed by atoms with Crippen LogP contribution in [0, 0.1) is 21.7 Å². The fourth-order valence-electron chi connectivity index (χ4n) is 2.90. The van der Waals surface area contributed by atoms with Crippen molar-refractivity contribution in [2.45, 2.75) is 13.0 Å². The third kappa shape index (κ3) is 3.81. The minimum absolute atomic E-state index is 0.0404. The minimum Gasteiger partial charge on any atom is -0.351 e. The first-order chi connectivity index (χ1) is 13.3. The van der Waals surface area contributed by atoms with Gasteiger partial charge in [0.05, 0.1) is 22.1 Å². The Morgan fingerprint density at radius 3 is 2.61 bits per heavy atom. The monoisotopic (exact) mass is 404 g/mol. The van der Waals surface area contributed by atoms with Crippen LogP contribution in [0.15, 0.2) is 53.7 Å². The predicted octanol–water partition coefficient (Wildman–Crippen LogP) is 3.30. The van der Waals surface area contributed by atoms with Crippen LogP contribution < -0.4 is 16.0 Å². The molecule has 1 heterocycles. The third-order valence-corrected chi connectivity index (χ3v) is 4.36. The molecule has 1 amide bonds. The highest BCUT2D eigenvalue weighted by Crippen LogP contribution is 2.33. The zero-order chi connectivity index (χ0) is 20.4. The van der Waals surface area contributed by atoms with E-state index in [9.17, 15) is 23.7 Å². The van der Waals surface area contributed by atoms with Gasteiger partial charge < -0.3 is 16.0 Å². The maximum atomic E-state index is 13.4. The van der Waals surface area contributed by atoms with Crippen molar-refractivity contribution in [2.24, 2.45) is 0 Å². The van der Waals surface area contributed by atoms with E-state index in [0.717, 1.165) is 12.1 Å². The number of nitro benzene ring substituents is 1. The largest absolute Gasteiger partial charge is 0.351 e. The average molecular weight is 404 g/mol. The highest BCUT2D eigenvalue weighted by Gasteiger charge is 2.33. The van der Waals surface area contributed by atoms with Crippen molar-refractivity contribution in [3.63, 3.8) is 0 Å². The van der Waals surface area contributed by atoms with Crippen molar-refractivity contribution < 1.29 is 18.5 Å². The molecule has 0 bridgehead atoms. The summed E-state index contributed by atoms with van der Waals surface area (Å²) in [6.45, 7) is 1.59. The molecule has 1 aliphatic rings. The summed E-state index contributed by atoms with van der Waals surface area (Å²) in [6.07, 6.45) is 0. The number of anilines is 1. The lowest BCUT2D eigenvalue weighted by Crippen LogP contribution is -2.45. The van der Waals surface area contributed by atoms with Gasteiger partial charge in [-0.2, -0.15) is 0 Å². The number of carbonyl (C=O) groups excluding carboxylic acids is 1. The van der Waals surface area contributed by atoms with Gasteiger partial charge in [0.15, 0.2) is 16.7 Å². The van der Waals surface area contributed by atoms with Gasteiger partial charge in [0.1, 0.15) is 0 Å². The van der Waals surface area contributed by atoms with Gasteiger partial charge in [-0.15, -0.1) is 0 Å². The number of benzene rings is 2. The number of nitrogens with zero attached hydrogens (tertiary/aromatic N) is 1. The summed E-state index contributed by atoms with van der Waals surface area (Å²) in [5.74, 6) is -2.80. The summed E-state index contributed by atoms with van der Waals surface area (Å²) in [5, 5.41) is 19.7. The normalized spacial score (nSPS) is 16.2. The zero-order valence-electron chi connectivity index (χ0n) is 14.5. The number of halogens is 2. The molecule has 28 heavy (non-hydrogen) atoms. The van der Waals surface area contributed by atoms with E-state index >= 15 is 0 Å². The number of nitro groups is 1. The van der Waals surface area contributed by atoms with E-state index in [2.05, 4.69) is 16.0 Å². The molecule has 7 nitrogen and oxygen atoms in total. The van der Waals surface area contributed by atoms with Gasteiger partial charge in [0, 0.05) is 23.5 Å². The minimum atomic E-state index is -1.11. The first-order valence-electron chi connectivity index (χ1n) is 8.06. The summed E-state index contributed by atoms with van der Waals surface area (Å²) >= 11 is 5.12. The van der Waals surface area contributed by atoms with Crippen LogP contribution >= 0.6 is 12.2 Å². The Morgan fingerprint density at radius 1 is 1.21 bits per heavy atom. The Balaban J connectivity index is 2.01. The van der Waals surface area contributed by atoms with Crippen LogP contribution in [-0.4, -0.2) is 15.9 Å².